The van der Waals surface area contributed by atoms with Gasteiger partial charge in [-0.05, 0) is 74.1 Å². The highest BCUT2D eigenvalue weighted by Gasteiger charge is 2.28. The summed E-state index contributed by atoms with van der Waals surface area (Å²) in [6, 6.07) is 10.7. The zero-order chi connectivity index (χ0) is 34.6. The summed E-state index contributed by atoms with van der Waals surface area (Å²) in [7, 11) is -4.41. The minimum atomic E-state index is -4.41. The number of amides is 3. The van der Waals surface area contributed by atoms with Crippen molar-refractivity contribution in [3.05, 3.63) is 82.8 Å². The van der Waals surface area contributed by atoms with E-state index in [1.54, 1.807) is 26.0 Å². The Hall–Kier alpha value is -5.11. The smallest absolute Gasteiger partial charge is 0.419 e. The summed E-state index contributed by atoms with van der Waals surface area (Å²) in [5, 5.41) is 10.3. The first-order valence-corrected chi connectivity index (χ1v) is 16.8. The Morgan fingerprint density at radius 3 is 2.46 bits per heavy atom. The van der Waals surface area contributed by atoms with Crippen molar-refractivity contribution in [1.29, 1.82) is 0 Å². The van der Waals surface area contributed by atoms with Gasteiger partial charge in [-0.3, -0.25) is 18.9 Å². The average molecular weight is 679 g/mol. The molecular weight excluding hydrogens is 643 g/mol. The molecule has 1 fully saturated rings. The van der Waals surface area contributed by atoms with Gasteiger partial charge in [0.2, 0.25) is 6.79 Å². The van der Waals surface area contributed by atoms with Crippen LogP contribution in [-0.2, 0) is 25.3 Å². The van der Waals surface area contributed by atoms with Gasteiger partial charge in [-0.15, -0.1) is 0 Å². The van der Waals surface area contributed by atoms with Gasteiger partial charge >= 0.3 is 19.7 Å². The second-order valence-corrected chi connectivity index (χ2v) is 13.0. The molecule has 2 heterocycles. The van der Waals surface area contributed by atoms with Gasteiger partial charge in [-0.1, -0.05) is 25.1 Å². The molecule has 1 aliphatic rings. The van der Waals surface area contributed by atoms with Crippen LogP contribution in [-0.4, -0.2) is 72.5 Å². The van der Waals surface area contributed by atoms with E-state index >= 15 is 0 Å². The molecule has 0 aliphatic heterocycles. The molecule has 252 valence electrons. The molecule has 1 saturated carbocycles. The van der Waals surface area contributed by atoms with E-state index in [4.69, 9.17) is 9.47 Å². The highest BCUT2D eigenvalue weighted by atomic mass is 31.2. The van der Waals surface area contributed by atoms with Crippen molar-refractivity contribution < 1.29 is 43.0 Å². The fourth-order valence-corrected chi connectivity index (χ4v) is 5.42. The Bertz CT molecular complexity index is 1920. The summed E-state index contributed by atoms with van der Waals surface area (Å²) >= 11 is 0. The van der Waals surface area contributed by atoms with E-state index in [9.17, 15) is 33.5 Å². The van der Waals surface area contributed by atoms with E-state index < -0.39 is 32.4 Å². The minimum Gasteiger partial charge on any atom is -0.428 e. The molecule has 2 aromatic heterocycles. The number of hydrogen-bond donors (Lipinski definition) is 4. The van der Waals surface area contributed by atoms with E-state index in [1.807, 2.05) is 13.0 Å². The number of aryl methyl sites for hydroxylation is 2. The fourth-order valence-electron chi connectivity index (χ4n) is 4.88. The van der Waals surface area contributed by atoms with Gasteiger partial charge in [0.25, 0.3) is 11.8 Å². The lowest BCUT2D eigenvalue weighted by Gasteiger charge is -2.19. The van der Waals surface area contributed by atoms with Crippen molar-refractivity contribution in [2.75, 3.05) is 18.7 Å². The van der Waals surface area contributed by atoms with Crippen LogP contribution in [0.2, 0.25) is 0 Å². The number of rotatable bonds is 12. The van der Waals surface area contributed by atoms with Gasteiger partial charge in [0, 0.05) is 30.0 Å². The zero-order valence-electron chi connectivity index (χ0n) is 26.5. The van der Waals surface area contributed by atoms with Crippen LogP contribution in [0.25, 0.3) is 5.52 Å². The number of ether oxygens (including phenoxy) is 2. The van der Waals surface area contributed by atoms with E-state index in [2.05, 4.69) is 20.7 Å². The lowest BCUT2D eigenvalue weighted by atomic mass is 10.1. The summed E-state index contributed by atoms with van der Waals surface area (Å²) in [6.07, 6.45) is 3.92. The predicted molar refractivity (Wildman–Crippen MR) is 173 cm³/mol. The first-order chi connectivity index (χ1) is 22.8. The number of benzene rings is 2. The largest absolute Gasteiger partial charge is 0.428 e. The normalized spacial score (nSPS) is 12.8. The van der Waals surface area contributed by atoms with Crippen molar-refractivity contribution in [3.63, 3.8) is 0 Å². The summed E-state index contributed by atoms with van der Waals surface area (Å²) in [4.78, 5) is 75.3. The number of hydrogen-bond acceptors (Lipinski definition) is 10. The van der Waals surface area contributed by atoms with E-state index in [0.29, 0.717) is 40.1 Å². The molecule has 2 aromatic carbocycles. The van der Waals surface area contributed by atoms with Gasteiger partial charge in [0.1, 0.15) is 11.8 Å². The summed E-state index contributed by atoms with van der Waals surface area (Å²) < 4.78 is 22.9. The van der Waals surface area contributed by atoms with Crippen molar-refractivity contribution in [1.82, 2.24) is 24.8 Å². The van der Waals surface area contributed by atoms with Crippen LogP contribution in [0.3, 0.4) is 0 Å². The van der Waals surface area contributed by atoms with Gasteiger partial charge in [0.15, 0.2) is 5.82 Å². The minimum absolute atomic E-state index is 0.0227. The number of aromatic nitrogens is 3. The van der Waals surface area contributed by atoms with Gasteiger partial charge in [-0.25, -0.2) is 19.2 Å². The van der Waals surface area contributed by atoms with Crippen LogP contribution in [0.5, 0.6) is 0 Å². The third-order valence-corrected chi connectivity index (χ3v) is 8.63. The molecule has 15 nitrogen and oxygen atoms in total. The Morgan fingerprint density at radius 1 is 1.06 bits per heavy atom. The van der Waals surface area contributed by atoms with E-state index in [-0.39, 0.29) is 35.8 Å². The zero-order valence-corrected chi connectivity index (χ0v) is 27.4. The van der Waals surface area contributed by atoms with Gasteiger partial charge in [0.05, 0.1) is 17.3 Å². The third kappa shape index (κ3) is 8.05. The van der Waals surface area contributed by atoms with Crippen LogP contribution in [0.1, 0.15) is 63.6 Å². The summed E-state index contributed by atoms with van der Waals surface area (Å²) in [6.45, 7) is 4.64. The first-order valence-electron chi connectivity index (χ1n) is 15.2. The Labute approximate surface area is 275 Å². The maximum absolute atomic E-state index is 13.7. The SMILES string of the molecule is CCCN(C(=O)OCOC(=O)Cc1ccc(P(=O)(O)O)cc1)C(=O)c1cn2ncnc(Nc3cc(C(=O)NC4CC4)ccc3C)c2c1C. The molecule has 0 radical (unpaired) electrons. The van der Waals surface area contributed by atoms with Crippen molar-refractivity contribution in [3.8, 4) is 0 Å². The number of nitrogens with zero attached hydrogens (tertiary/aromatic N) is 4. The molecule has 16 heteroatoms. The van der Waals surface area contributed by atoms with Crippen LogP contribution >= 0.6 is 7.60 Å². The van der Waals surface area contributed by atoms with E-state index in [1.165, 1.54) is 41.3 Å². The molecule has 48 heavy (non-hydrogen) atoms. The monoisotopic (exact) mass is 678 g/mol. The maximum atomic E-state index is 13.7. The number of fused-ring (bicyclic) bond motifs is 1. The second-order valence-electron chi connectivity index (χ2n) is 11.4. The number of nitrogens with one attached hydrogen (secondary N) is 2. The van der Waals surface area contributed by atoms with E-state index in [0.717, 1.165) is 23.3 Å². The number of imide groups is 1. The van der Waals surface area contributed by atoms with Crippen molar-refractivity contribution >= 4 is 53.8 Å². The van der Waals surface area contributed by atoms with Crippen LogP contribution in [0, 0.1) is 13.8 Å². The highest BCUT2D eigenvalue weighted by molar-refractivity contribution is 7.60. The summed E-state index contributed by atoms with van der Waals surface area (Å²) in [5.41, 5.74) is 3.60. The quantitative estimate of drug-likeness (QED) is 0.0967. The Morgan fingerprint density at radius 2 is 1.79 bits per heavy atom. The number of carbonyl (C=O) groups is 4. The predicted octanol–water partition coefficient (Wildman–Crippen LogP) is 3.52. The van der Waals surface area contributed by atoms with Crippen LogP contribution < -0.4 is 15.9 Å². The van der Waals surface area contributed by atoms with Gasteiger partial charge < -0.3 is 29.9 Å². The summed E-state index contributed by atoms with van der Waals surface area (Å²) in [5.74, 6) is -1.18. The van der Waals surface area contributed by atoms with Crippen molar-refractivity contribution in [2.24, 2.45) is 0 Å². The molecule has 0 unspecified atom stereocenters. The maximum Gasteiger partial charge on any atom is 0.419 e. The molecule has 5 rings (SSSR count). The molecule has 0 atom stereocenters. The third-order valence-electron chi connectivity index (χ3n) is 7.66. The molecule has 0 spiro atoms. The average Bonchev–Trinajstić information content (AvgIpc) is 3.79. The fraction of sp³-hybridized carbons (Fsp3) is 0.312. The standard InChI is InChI=1S/C32H35N6O9P/c1-4-13-37(32(42)47-18-46-27(39)14-21-6-11-24(12-7-21)48(43,44)45)31(41)25-16-38-28(20(25)3)29(33-17-34-38)36-26-15-22(8-5-19(26)2)30(40)35-23-9-10-23/h5-8,11-12,15-17,23H,4,9-10,13-14,18H2,1-3H3,(H,35,40)(H,33,34,36)(H2,43,44,45). The number of anilines is 2. The first kappa shape index (κ1) is 34.2. The molecule has 0 bridgehead atoms. The molecule has 4 aromatic rings. The molecular formula is C32H35N6O9P. The molecule has 4 N–H and O–H groups in total. The lowest BCUT2D eigenvalue weighted by molar-refractivity contribution is -0.151. The Kier molecular flexibility index (Phi) is 10.2. The van der Waals surface area contributed by atoms with Gasteiger partial charge in [-0.2, -0.15) is 5.10 Å². The van der Waals surface area contributed by atoms with Crippen LogP contribution in [0.15, 0.2) is 55.0 Å². The topological polar surface area (TPSA) is 202 Å². The lowest BCUT2D eigenvalue weighted by Crippen LogP contribution is -2.38. The number of carbonyl (C=O) groups excluding carboxylic acids is 4. The second kappa shape index (κ2) is 14.3. The molecule has 0 saturated heterocycles. The Balaban J connectivity index is 1.26. The van der Waals surface area contributed by atoms with Crippen LogP contribution in [0.4, 0.5) is 16.3 Å². The highest BCUT2D eigenvalue weighted by Crippen LogP contribution is 2.33. The molecule has 3 amide bonds. The van der Waals surface area contributed by atoms with Crippen molar-refractivity contribution in [2.45, 2.75) is 52.5 Å². The molecule has 1 aliphatic carbocycles. The number of esters is 1.